The molecule has 4 heteroatoms. The molecular weight excluding hydrogens is 642 g/mol. The van der Waals surface area contributed by atoms with Crippen LogP contribution in [0.1, 0.15) is 101 Å². The molecule has 4 bridgehead atoms. The van der Waals surface area contributed by atoms with Crippen molar-refractivity contribution in [2.75, 3.05) is 0 Å². The van der Waals surface area contributed by atoms with E-state index in [1.165, 1.54) is 77.0 Å². The van der Waals surface area contributed by atoms with Crippen molar-refractivity contribution in [2.24, 2.45) is 0 Å². The summed E-state index contributed by atoms with van der Waals surface area (Å²) in [6.07, 6.45) is 26.3. The lowest BCUT2D eigenvalue weighted by molar-refractivity contribution is -0.697. The summed E-state index contributed by atoms with van der Waals surface area (Å²) in [5.74, 6) is 13.4. The highest BCUT2D eigenvalue weighted by molar-refractivity contribution is 15.0. The number of pyridine rings is 2. The molecule has 182 valence electrons. The summed E-state index contributed by atoms with van der Waals surface area (Å²) >= 11 is 4.24. The summed E-state index contributed by atoms with van der Waals surface area (Å²) < 4.78 is 4.61. The Hall–Kier alpha value is -1.12. The Kier molecular flexibility index (Phi) is 17.2. The number of hydrogen-bond acceptors (Lipinski definition) is 0. The predicted octanol–water partition coefficient (Wildman–Crippen LogP) is 7.91. The SMILES string of the molecule is C1#Cc2ccc[n+](c2)CCCCCCCCCC[n+]2cccc(c2)C#CCCCCCC1.II. The van der Waals surface area contributed by atoms with Gasteiger partial charge >= 0.3 is 0 Å². The summed E-state index contributed by atoms with van der Waals surface area (Å²) in [4.78, 5) is 0. The van der Waals surface area contributed by atoms with Gasteiger partial charge in [0.1, 0.15) is 13.1 Å². The fourth-order valence-corrected chi connectivity index (χ4v) is 4.23. The average Bonchev–Trinajstić information content (AvgIpc) is 2.87. The number of aromatic nitrogens is 2. The van der Waals surface area contributed by atoms with Gasteiger partial charge in [-0.25, -0.2) is 9.13 Å². The molecule has 0 radical (unpaired) electrons. The lowest BCUT2D eigenvalue weighted by atomic mass is 10.1. The van der Waals surface area contributed by atoms with Crippen LogP contribution in [0.3, 0.4) is 0 Å². The molecule has 0 aromatic carbocycles. The third-order valence-electron chi connectivity index (χ3n) is 6.12. The van der Waals surface area contributed by atoms with Crippen molar-refractivity contribution in [3.05, 3.63) is 60.2 Å². The van der Waals surface area contributed by atoms with Crippen molar-refractivity contribution in [1.29, 1.82) is 0 Å². The average molecular weight is 682 g/mol. The van der Waals surface area contributed by atoms with Gasteiger partial charge < -0.3 is 0 Å². The topological polar surface area (TPSA) is 7.76 Å². The van der Waals surface area contributed by atoms with Gasteiger partial charge in [-0.05, 0) is 37.8 Å². The van der Waals surface area contributed by atoms with Gasteiger partial charge in [-0.3, -0.25) is 0 Å². The zero-order valence-corrected chi connectivity index (χ0v) is 24.9. The summed E-state index contributed by atoms with van der Waals surface area (Å²) in [5, 5.41) is 0. The van der Waals surface area contributed by atoms with Crippen LogP contribution in [0.25, 0.3) is 0 Å². The molecule has 3 rings (SSSR count). The molecule has 2 nitrogen and oxygen atoms in total. The molecule has 34 heavy (non-hydrogen) atoms. The van der Waals surface area contributed by atoms with Gasteiger partial charge in [0.2, 0.25) is 0 Å². The number of nitrogens with zero attached hydrogens (tertiary/aromatic N) is 2. The summed E-state index contributed by atoms with van der Waals surface area (Å²) in [5.41, 5.74) is 2.29. The van der Waals surface area contributed by atoms with Crippen molar-refractivity contribution >= 4 is 37.2 Å². The smallest absolute Gasteiger partial charge is 0.184 e. The van der Waals surface area contributed by atoms with E-state index in [-0.39, 0.29) is 0 Å². The molecule has 0 saturated carbocycles. The Morgan fingerprint density at radius 3 is 1.35 bits per heavy atom. The summed E-state index contributed by atoms with van der Waals surface area (Å²) in [6.45, 7) is 2.21. The van der Waals surface area contributed by atoms with Crippen LogP contribution in [0, 0.1) is 23.7 Å². The second-order valence-electron chi connectivity index (χ2n) is 9.01. The highest BCUT2D eigenvalue weighted by Crippen LogP contribution is 2.09. The van der Waals surface area contributed by atoms with Crippen LogP contribution in [0.4, 0.5) is 0 Å². The van der Waals surface area contributed by atoms with Crippen molar-refractivity contribution < 1.29 is 9.13 Å². The Morgan fingerprint density at radius 2 is 0.912 bits per heavy atom. The molecule has 1 aliphatic heterocycles. The van der Waals surface area contributed by atoms with Crippen molar-refractivity contribution in [3.8, 4) is 23.7 Å². The Bertz CT molecular complexity index is 856. The van der Waals surface area contributed by atoms with Crippen LogP contribution in [0.2, 0.25) is 0 Å². The normalized spacial score (nSPS) is 16.4. The van der Waals surface area contributed by atoms with Crippen LogP contribution in [0.15, 0.2) is 49.1 Å². The molecule has 3 heterocycles. The molecule has 0 saturated heterocycles. The second-order valence-corrected chi connectivity index (χ2v) is 9.01. The van der Waals surface area contributed by atoms with E-state index in [1.54, 1.807) is 0 Å². The van der Waals surface area contributed by atoms with Gasteiger partial charge in [0.05, 0.1) is 11.1 Å². The molecule has 0 fully saturated rings. The molecule has 0 atom stereocenters. The second kappa shape index (κ2) is 20.1. The lowest BCUT2D eigenvalue weighted by Gasteiger charge is -2.02. The summed E-state index contributed by atoms with van der Waals surface area (Å²) in [6, 6.07) is 8.53. The molecule has 0 amide bonds. The number of fused-ring (bicyclic) bond motifs is 4. The van der Waals surface area contributed by atoms with E-state index in [0.717, 1.165) is 37.1 Å². The number of rotatable bonds is 0. The van der Waals surface area contributed by atoms with Crippen LogP contribution in [-0.4, -0.2) is 0 Å². The minimum atomic E-state index is 0.991. The van der Waals surface area contributed by atoms with Gasteiger partial charge in [0.15, 0.2) is 24.8 Å². The molecule has 0 aliphatic carbocycles. The molecule has 0 unspecified atom stereocenters. The van der Waals surface area contributed by atoms with E-state index in [0.29, 0.717) is 0 Å². The molecule has 1 aliphatic rings. The van der Waals surface area contributed by atoms with Crippen molar-refractivity contribution in [1.82, 2.24) is 0 Å². The number of hydrogen-bond donors (Lipinski definition) is 0. The Morgan fingerprint density at radius 1 is 0.529 bits per heavy atom. The van der Waals surface area contributed by atoms with Crippen LogP contribution >= 0.6 is 37.2 Å². The quantitative estimate of drug-likeness (QED) is 0.152. The maximum Gasteiger partial charge on any atom is 0.184 e. The standard InChI is InChI=1S/C30H40N2.I2/c1-2-6-10-14-20-30-22-18-26-32(28-30)24-16-12-8-4-3-7-11-15-23-31-25-17-21-29(27-31)19-13-9-5-1;1-2/h17-18,21-22,25-28H,1-12,15-16,23-24H2;/q+2;. The Balaban J connectivity index is 0.00000199. The fourth-order valence-electron chi connectivity index (χ4n) is 4.23. The largest absolute Gasteiger partial charge is 0.204 e. The van der Waals surface area contributed by atoms with Gasteiger partial charge in [0.25, 0.3) is 0 Å². The van der Waals surface area contributed by atoms with E-state index < -0.39 is 0 Å². The third kappa shape index (κ3) is 13.7. The molecule has 0 N–H and O–H groups in total. The highest BCUT2D eigenvalue weighted by Gasteiger charge is 2.03. The first-order chi connectivity index (χ1) is 16.9. The lowest BCUT2D eigenvalue weighted by Crippen LogP contribution is -2.33. The minimum absolute atomic E-state index is 0.991. The van der Waals surface area contributed by atoms with Gasteiger partial charge in [-0.15, -0.1) is 0 Å². The fraction of sp³-hybridized carbons (Fsp3) is 0.533. The van der Waals surface area contributed by atoms with Crippen LogP contribution < -0.4 is 9.13 Å². The monoisotopic (exact) mass is 682 g/mol. The maximum absolute atomic E-state index is 3.37. The summed E-state index contributed by atoms with van der Waals surface area (Å²) in [7, 11) is 0. The zero-order valence-electron chi connectivity index (χ0n) is 20.6. The van der Waals surface area contributed by atoms with Gasteiger partial charge in [0, 0.05) is 75.0 Å². The first kappa shape index (κ1) is 29.1. The molecule has 2 aromatic heterocycles. The van der Waals surface area contributed by atoms with Crippen molar-refractivity contribution in [3.63, 3.8) is 0 Å². The number of aryl methyl sites for hydroxylation is 2. The highest BCUT2D eigenvalue weighted by atomic mass is 128. The minimum Gasteiger partial charge on any atom is -0.204 e. The van der Waals surface area contributed by atoms with E-state index in [1.807, 2.05) is 0 Å². The van der Waals surface area contributed by atoms with Crippen LogP contribution in [-0.2, 0) is 13.1 Å². The molecular formula is C30H40I2N2+2. The predicted molar refractivity (Wildman–Crippen MR) is 160 cm³/mol. The van der Waals surface area contributed by atoms with Crippen LogP contribution in [0.5, 0.6) is 0 Å². The van der Waals surface area contributed by atoms with E-state index >= 15 is 0 Å². The van der Waals surface area contributed by atoms with E-state index in [4.69, 9.17) is 0 Å². The van der Waals surface area contributed by atoms with Gasteiger partial charge in [-0.2, -0.15) is 0 Å². The zero-order chi connectivity index (χ0) is 24.1. The Labute approximate surface area is 231 Å². The van der Waals surface area contributed by atoms with Crippen molar-refractivity contribution in [2.45, 2.75) is 103 Å². The van der Waals surface area contributed by atoms with Gasteiger partial charge in [-0.1, -0.05) is 62.2 Å². The van der Waals surface area contributed by atoms with E-state index in [2.05, 4.69) is 119 Å². The first-order valence-electron chi connectivity index (χ1n) is 13.0. The molecule has 2 aromatic rings. The van der Waals surface area contributed by atoms with E-state index in [9.17, 15) is 0 Å². The number of halogens is 2. The molecule has 0 spiro atoms. The maximum atomic E-state index is 3.37. The third-order valence-corrected chi connectivity index (χ3v) is 6.12. The first-order valence-corrected chi connectivity index (χ1v) is 19.3.